The second kappa shape index (κ2) is 14.9. The van der Waals surface area contributed by atoms with E-state index in [9.17, 15) is 15.8 Å². The molecule has 0 unspecified atom stereocenters. The molecule has 0 saturated carbocycles. The van der Waals surface area contributed by atoms with Gasteiger partial charge in [0.25, 0.3) is 0 Å². The Balaban J connectivity index is 1.32. The van der Waals surface area contributed by atoms with Crippen LogP contribution < -0.4 is 0 Å². The lowest BCUT2D eigenvalue weighted by Gasteiger charge is -2.23. The fourth-order valence-corrected chi connectivity index (χ4v) is 8.85. The van der Waals surface area contributed by atoms with Crippen molar-refractivity contribution in [3.8, 4) is 63.0 Å². The summed E-state index contributed by atoms with van der Waals surface area (Å²) in [5, 5.41) is 32.7. The molecule has 0 radical (unpaired) electrons. The fourth-order valence-electron chi connectivity index (χ4n) is 8.85. The van der Waals surface area contributed by atoms with Gasteiger partial charge in [-0.05, 0) is 101 Å². The molecule has 0 amide bonds. The number of hydrogen-bond acceptors (Lipinski definition) is 3. The molecule has 0 fully saturated rings. The largest absolute Gasteiger partial charge is 0.416 e. The highest BCUT2D eigenvalue weighted by atomic mass is 19.4. The van der Waals surface area contributed by atoms with Gasteiger partial charge in [0, 0.05) is 27.1 Å². The number of nitrogens with zero attached hydrogens (tertiary/aromatic N) is 7. The van der Waals surface area contributed by atoms with E-state index in [1.54, 1.807) is 54.6 Å². The van der Waals surface area contributed by atoms with Gasteiger partial charge >= 0.3 is 6.18 Å². The Kier molecular flexibility index (Phi) is 9.06. The minimum absolute atomic E-state index is 0.221. The van der Waals surface area contributed by atoms with E-state index in [1.165, 1.54) is 6.07 Å². The molecule has 8 aromatic carbocycles. The van der Waals surface area contributed by atoms with Gasteiger partial charge in [0.05, 0.1) is 87.0 Å². The van der Waals surface area contributed by atoms with Crippen molar-refractivity contribution < 1.29 is 13.2 Å². The third-order valence-electron chi connectivity index (χ3n) is 11.7. The molecule has 7 nitrogen and oxygen atoms in total. The number of nitriles is 3. The number of para-hydroxylation sites is 2. The van der Waals surface area contributed by atoms with Gasteiger partial charge in [-0.2, -0.15) is 29.0 Å². The van der Waals surface area contributed by atoms with E-state index >= 15 is 13.2 Å². The Hall–Kier alpha value is -9.40. The standard InChI is InChI=1S/C54H26F3N7/c1-61-39-17-19-41(46(28-39)62-2)35-16-21-50-45(25-35)43-11-4-6-13-48(43)64(50)52-27-38(54(55,56)57)26-51(53(52)36-9-7-8-32(22-36)29-58)63-47-12-5-3-10-42(47)44-24-34(15-20-49(44)63)40-18-14-33(30-59)23-37(40)31-60/h3-28H. The summed E-state index contributed by atoms with van der Waals surface area (Å²) in [6.07, 6.45) is -4.79. The van der Waals surface area contributed by atoms with Crippen LogP contribution in [0.4, 0.5) is 24.5 Å². The number of aromatic nitrogens is 2. The third-order valence-corrected chi connectivity index (χ3v) is 11.7. The Morgan fingerprint density at radius 3 is 1.59 bits per heavy atom. The summed E-state index contributed by atoms with van der Waals surface area (Å²) in [5.41, 5.74) is 7.23. The molecule has 64 heavy (non-hydrogen) atoms. The van der Waals surface area contributed by atoms with Gasteiger partial charge in [-0.15, -0.1) is 0 Å². The zero-order valence-electron chi connectivity index (χ0n) is 33.3. The highest BCUT2D eigenvalue weighted by Crippen LogP contribution is 2.47. The molecule has 10 heteroatoms. The SMILES string of the molecule is [C-]#[N+]c1ccc(-c2ccc3c(c2)c2ccccc2n3-c2cc(C(F)(F)F)cc(-n3c4ccccc4c4cc(-c5ccc(C#N)cc5C#N)ccc43)c2-c2cccc(C#N)c2)c([N+]#[C-])c1. The molecule has 0 aliphatic rings. The first-order valence-corrected chi connectivity index (χ1v) is 19.8. The Bertz CT molecular complexity index is 3640. The number of rotatable bonds is 5. The van der Waals surface area contributed by atoms with Gasteiger partial charge < -0.3 is 9.13 Å². The van der Waals surface area contributed by atoms with Crippen LogP contribution in [0.25, 0.3) is 98.1 Å². The van der Waals surface area contributed by atoms with Crippen LogP contribution in [0.2, 0.25) is 0 Å². The van der Waals surface area contributed by atoms with Gasteiger partial charge in [-0.1, -0.05) is 84.9 Å². The first-order valence-electron chi connectivity index (χ1n) is 19.8. The lowest BCUT2D eigenvalue weighted by Crippen LogP contribution is -2.11. The minimum atomic E-state index is -4.79. The molecule has 0 aliphatic carbocycles. The first kappa shape index (κ1) is 38.8. The highest BCUT2D eigenvalue weighted by molar-refractivity contribution is 6.13. The van der Waals surface area contributed by atoms with Crippen molar-refractivity contribution in [1.82, 2.24) is 9.13 Å². The van der Waals surface area contributed by atoms with E-state index in [-0.39, 0.29) is 11.4 Å². The summed E-state index contributed by atoms with van der Waals surface area (Å²) in [6.45, 7) is 15.3. The van der Waals surface area contributed by atoms with Crippen LogP contribution in [0.1, 0.15) is 22.3 Å². The maximum absolute atomic E-state index is 15.5. The normalized spacial score (nSPS) is 11.3. The Morgan fingerprint density at radius 2 is 1.03 bits per heavy atom. The van der Waals surface area contributed by atoms with Crippen molar-refractivity contribution in [3.05, 3.63) is 203 Å². The number of benzene rings is 8. The first-order chi connectivity index (χ1) is 31.1. The van der Waals surface area contributed by atoms with E-state index in [0.29, 0.717) is 83.5 Å². The second-order valence-corrected chi connectivity index (χ2v) is 15.2. The molecule has 2 heterocycles. The van der Waals surface area contributed by atoms with Crippen LogP contribution in [0.15, 0.2) is 158 Å². The van der Waals surface area contributed by atoms with Crippen molar-refractivity contribution in [1.29, 1.82) is 15.8 Å². The monoisotopic (exact) mass is 829 g/mol. The Labute approximate surface area is 363 Å². The van der Waals surface area contributed by atoms with Crippen LogP contribution in [0, 0.1) is 47.1 Å². The van der Waals surface area contributed by atoms with Crippen LogP contribution in [0.3, 0.4) is 0 Å². The van der Waals surface area contributed by atoms with Gasteiger partial charge in [-0.3, -0.25) is 0 Å². The molecule has 2 aromatic heterocycles. The molecule has 298 valence electrons. The number of fused-ring (bicyclic) bond motifs is 6. The van der Waals surface area contributed by atoms with E-state index in [2.05, 4.69) is 27.9 Å². The topological polar surface area (TPSA) is 90.0 Å². The number of hydrogen-bond donors (Lipinski definition) is 0. The van der Waals surface area contributed by atoms with E-state index in [0.717, 1.165) is 33.7 Å². The fraction of sp³-hybridized carbons (Fsp3) is 0.0185. The van der Waals surface area contributed by atoms with Gasteiger partial charge in [0.15, 0.2) is 11.4 Å². The van der Waals surface area contributed by atoms with Crippen molar-refractivity contribution in [3.63, 3.8) is 0 Å². The van der Waals surface area contributed by atoms with Crippen LogP contribution >= 0.6 is 0 Å². The number of alkyl halides is 3. The van der Waals surface area contributed by atoms with Crippen molar-refractivity contribution >= 4 is 55.0 Å². The smallest absolute Gasteiger partial charge is 0.309 e. The minimum Gasteiger partial charge on any atom is -0.309 e. The zero-order valence-corrected chi connectivity index (χ0v) is 33.3. The summed E-state index contributed by atoms with van der Waals surface area (Å²) in [4.78, 5) is 7.18. The predicted octanol–water partition coefficient (Wildman–Crippen LogP) is 14.6. The molecular formula is C54H26F3N7. The van der Waals surface area contributed by atoms with Crippen LogP contribution in [0.5, 0.6) is 0 Å². The van der Waals surface area contributed by atoms with Crippen molar-refractivity contribution in [2.75, 3.05) is 0 Å². The molecule has 0 saturated heterocycles. The second-order valence-electron chi connectivity index (χ2n) is 15.2. The molecular weight excluding hydrogens is 804 g/mol. The molecule has 0 spiro atoms. The van der Waals surface area contributed by atoms with Gasteiger partial charge in [-0.25, -0.2) is 9.69 Å². The maximum Gasteiger partial charge on any atom is 0.416 e. The summed E-state index contributed by atoms with van der Waals surface area (Å²) in [6, 6.07) is 51.6. The number of halogens is 3. The zero-order chi connectivity index (χ0) is 44.3. The molecule has 10 aromatic rings. The lowest BCUT2D eigenvalue weighted by atomic mass is 9.96. The molecule has 10 rings (SSSR count). The maximum atomic E-state index is 15.5. The third kappa shape index (κ3) is 6.17. The molecule has 0 atom stereocenters. The van der Waals surface area contributed by atoms with E-state index < -0.39 is 11.7 Å². The molecule has 0 N–H and O–H groups in total. The summed E-state index contributed by atoms with van der Waals surface area (Å²) in [7, 11) is 0. The van der Waals surface area contributed by atoms with Crippen molar-refractivity contribution in [2.24, 2.45) is 0 Å². The van der Waals surface area contributed by atoms with Crippen LogP contribution in [-0.2, 0) is 6.18 Å². The molecule has 0 aliphatic heterocycles. The van der Waals surface area contributed by atoms with Gasteiger partial charge in [0.2, 0.25) is 0 Å². The predicted molar refractivity (Wildman–Crippen MR) is 243 cm³/mol. The highest BCUT2D eigenvalue weighted by Gasteiger charge is 2.34. The summed E-state index contributed by atoms with van der Waals surface area (Å²) >= 11 is 0. The van der Waals surface area contributed by atoms with E-state index in [4.69, 9.17) is 13.1 Å². The average Bonchev–Trinajstić information content (AvgIpc) is 3.84. The average molecular weight is 830 g/mol. The van der Waals surface area contributed by atoms with Crippen molar-refractivity contribution in [2.45, 2.75) is 6.18 Å². The quantitative estimate of drug-likeness (QED) is 0.162. The lowest BCUT2D eigenvalue weighted by molar-refractivity contribution is -0.137. The molecule has 0 bridgehead atoms. The Morgan fingerprint density at radius 1 is 0.469 bits per heavy atom. The summed E-state index contributed by atoms with van der Waals surface area (Å²) in [5.74, 6) is 0. The van der Waals surface area contributed by atoms with E-state index in [1.807, 2.05) is 94.1 Å². The van der Waals surface area contributed by atoms with Gasteiger partial charge in [0.1, 0.15) is 0 Å². The summed E-state index contributed by atoms with van der Waals surface area (Å²) < 4.78 is 50.2. The van der Waals surface area contributed by atoms with Crippen LogP contribution in [-0.4, -0.2) is 9.13 Å².